The van der Waals surface area contributed by atoms with Gasteiger partial charge in [-0.2, -0.15) is 0 Å². The molecule has 1 saturated heterocycles. The molecule has 2 heterocycles. The second kappa shape index (κ2) is 5.19. The zero-order valence-electron chi connectivity index (χ0n) is 11.8. The maximum absolute atomic E-state index is 12.9. The second-order valence-corrected chi connectivity index (χ2v) is 5.48. The van der Waals surface area contributed by atoms with Crippen LogP contribution in [0.1, 0.15) is 20.3 Å². The first-order valence-electron chi connectivity index (χ1n) is 7.01. The minimum Gasteiger partial charge on any atom is -0.352 e. The third kappa shape index (κ3) is 2.38. The summed E-state index contributed by atoms with van der Waals surface area (Å²) >= 11 is 0. The molecule has 1 fully saturated rings. The molecule has 4 heteroatoms. The molecule has 0 aliphatic carbocycles. The fourth-order valence-corrected chi connectivity index (χ4v) is 2.67. The first-order valence-corrected chi connectivity index (χ1v) is 7.01. The van der Waals surface area contributed by atoms with Crippen molar-refractivity contribution in [3.63, 3.8) is 0 Å². The quantitative estimate of drug-likeness (QED) is 0.837. The van der Waals surface area contributed by atoms with Gasteiger partial charge >= 0.3 is 0 Å². The maximum Gasteiger partial charge on any atom is 0.151 e. The van der Waals surface area contributed by atoms with Gasteiger partial charge in [0.2, 0.25) is 0 Å². The molecule has 1 aromatic heterocycles. The van der Waals surface area contributed by atoms with Crippen molar-refractivity contribution >= 4 is 5.82 Å². The van der Waals surface area contributed by atoms with Crippen LogP contribution < -0.4 is 4.90 Å². The number of benzene rings is 1. The minimum atomic E-state index is -0.238. The van der Waals surface area contributed by atoms with E-state index < -0.39 is 0 Å². The predicted molar refractivity (Wildman–Crippen MR) is 78.0 cm³/mol. The van der Waals surface area contributed by atoms with Crippen LogP contribution in [0.15, 0.2) is 36.4 Å². The van der Waals surface area contributed by atoms with Gasteiger partial charge in [0.25, 0.3) is 0 Å². The van der Waals surface area contributed by atoms with Gasteiger partial charge in [-0.25, -0.2) is 4.39 Å². The van der Waals surface area contributed by atoms with E-state index in [0.29, 0.717) is 12.0 Å². The summed E-state index contributed by atoms with van der Waals surface area (Å²) in [5, 5.41) is 8.60. The predicted octanol–water partition coefficient (Wildman–Crippen LogP) is 3.52. The third-order valence-corrected chi connectivity index (χ3v) is 4.23. The number of rotatable bonds is 2. The molecule has 3 rings (SSSR count). The summed E-state index contributed by atoms with van der Waals surface area (Å²) < 4.78 is 12.9. The Labute approximate surface area is 118 Å². The van der Waals surface area contributed by atoms with Crippen LogP contribution in [0.2, 0.25) is 0 Å². The second-order valence-electron chi connectivity index (χ2n) is 5.48. The highest BCUT2D eigenvalue weighted by Crippen LogP contribution is 2.28. The largest absolute Gasteiger partial charge is 0.352 e. The van der Waals surface area contributed by atoms with Gasteiger partial charge in [0, 0.05) is 18.2 Å². The smallest absolute Gasteiger partial charge is 0.151 e. The molecule has 0 bridgehead atoms. The van der Waals surface area contributed by atoms with Crippen molar-refractivity contribution in [2.45, 2.75) is 26.3 Å². The summed E-state index contributed by atoms with van der Waals surface area (Å²) in [7, 11) is 0. The summed E-state index contributed by atoms with van der Waals surface area (Å²) in [5.74, 6) is 1.37. The van der Waals surface area contributed by atoms with Crippen molar-refractivity contribution in [1.29, 1.82) is 0 Å². The van der Waals surface area contributed by atoms with Gasteiger partial charge in [0.1, 0.15) is 5.82 Å². The molecule has 2 atom stereocenters. The summed E-state index contributed by atoms with van der Waals surface area (Å²) in [6.45, 7) is 5.53. The number of aromatic nitrogens is 2. The summed E-state index contributed by atoms with van der Waals surface area (Å²) in [6, 6.07) is 10.8. The number of nitrogens with zero attached hydrogens (tertiary/aromatic N) is 3. The first kappa shape index (κ1) is 13.0. The highest BCUT2D eigenvalue weighted by atomic mass is 19.1. The molecule has 1 aromatic carbocycles. The van der Waals surface area contributed by atoms with Gasteiger partial charge in [-0.05, 0) is 55.7 Å². The van der Waals surface area contributed by atoms with Gasteiger partial charge in [0.15, 0.2) is 5.82 Å². The SMILES string of the molecule is CC1CCN(c2ccc(-c3ccc(F)cc3)nn2)C1C. The molecule has 0 N–H and O–H groups in total. The number of hydrogen-bond donors (Lipinski definition) is 0. The topological polar surface area (TPSA) is 29.0 Å². The van der Waals surface area contributed by atoms with Gasteiger partial charge in [-0.15, -0.1) is 10.2 Å². The van der Waals surface area contributed by atoms with E-state index >= 15 is 0 Å². The van der Waals surface area contributed by atoms with E-state index in [9.17, 15) is 4.39 Å². The normalized spacial score (nSPS) is 22.2. The summed E-state index contributed by atoms with van der Waals surface area (Å²) in [4.78, 5) is 2.30. The lowest BCUT2D eigenvalue weighted by Gasteiger charge is -2.23. The van der Waals surface area contributed by atoms with Crippen molar-refractivity contribution in [1.82, 2.24) is 10.2 Å². The fraction of sp³-hybridized carbons (Fsp3) is 0.375. The van der Waals surface area contributed by atoms with Gasteiger partial charge < -0.3 is 4.90 Å². The molecule has 2 unspecified atom stereocenters. The van der Waals surface area contributed by atoms with Crippen molar-refractivity contribution in [2.24, 2.45) is 5.92 Å². The molecule has 0 radical (unpaired) electrons. The van der Waals surface area contributed by atoms with E-state index in [1.165, 1.54) is 18.6 Å². The molecule has 1 aliphatic rings. The van der Waals surface area contributed by atoms with Gasteiger partial charge in [-0.1, -0.05) is 6.92 Å². The molecule has 20 heavy (non-hydrogen) atoms. The molecule has 1 aliphatic heterocycles. The van der Waals surface area contributed by atoms with Gasteiger partial charge in [0.05, 0.1) is 5.69 Å². The zero-order valence-corrected chi connectivity index (χ0v) is 11.8. The molecule has 0 amide bonds. The van der Waals surface area contributed by atoms with Crippen molar-refractivity contribution < 1.29 is 4.39 Å². The first-order chi connectivity index (χ1) is 9.65. The van der Waals surface area contributed by atoms with Crippen LogP contribution in [0.4, 0.5) is 10.2 Å². The highest BCUT2D eigenvalue weighted by molar-refractivity contribution is 5.59. The van der Waals surface area contributed by atoms with E-state index in [0.717, 1.165) is 23.6 Å². The van der Waals surface area contributed by atoms with E-state index in [1.807, 2.05) is 12.1 Å². The average Bonchev–Trinajstić information content (AvgIpc) is 2.80. The van der Waals surface area contributed by atoms with Crippen LogP contribution in [0.5, 0.6) is 0 Å². The molecular formula is C16H18FN3. The Balaban J connectivity index is 1.83. The molecular weight excluding hydrogens is 253 g/mol. The Hall–Kier alpha value is -1.97. The Morgan fingerprint density at radius 1 is 1.05 bits per heavy atom. The van der Waals surface area contributed by atoms with Crippen LogP contribution in [0, 0.1) is 11.7 Å². The van der Waals surface area contributed by atoms with Crippen molar-refractivity contribution in [3.05, 3.63) is 42.2 Å². The van der Waals surface area contributed by atoms with Crippen LogP contribution in [0.25, 0.3) is 11.3 Å². The lowest BCUT2D eigenvalue weighted by molar-refractivity contribution is 0.544. The summed E-state index contributed by atoms with van der Waals surface area (Å²) in [5.41, 5.74) is 1.65. The highest BCUT2D eigenvalue weighted by Gasteiger charge is 2.28. The Kier molecular flexibility index (Phi) is 3.38. The zero-order chi connectivity index (χ0) is 14.1. The lowest BCUT2D eigenvalue weighted by Crippen LogP contribution is -2.29. The van der Waals surface area contributed by atoms with Crippen LogP contribution >= 0.6 is 0 Å². The fourth-order valence-electron chi connectivity index (χ4n) is 2.67. The lowest BCUT2D eigenvalue weighted by atomic mass is 10.1. The Morgan fingerprint density at radius 2 is 1.80 bits per heavy atom. The maximum atomic E-state index is 12.9. The van der Waals surface area contributed by atoms with E-state index in [2.05, 4.69) is 28.9 Å². The van der Waals surface area contributed by atoms with E-state index in [1.54, 1.807) is 12.1 Å². The monoisotopic (exact) mass is 271 g/mol. The summed E-state index contributed by atoms with van der Waals surface area (Å²) in [6.07, 6.45) is 1.20. The average molecular weight is 271 g/mol. The van der Waals surface area contributed by atoms with Crippen molar-refractivity contribution in [3.8, 4) is 11.3 Å². The number of halogens is 1. The van der Waals surface area contributed by atoms with Crippen LogP contribution in [0.3, 0.4) is 0 Å². The van der Waals surface area contributed by atoms with E-state index in [4.69, 9.17) is 0 Å². The standard InChI is InChI=1S/C16H18FN3/c1-11-9-10-20(12(11)2)16-8-7-15(18-19-16)13-3-5-14(17)6-4-13/h3-8,11-12H,9-10H2,1-2H3. The molecule has 3 nitrogen and oxygen atoms in total. The molecule has 0 spiro atoms. The molecule has 0 saturated carbocycles. The van der Waals surface area contributed by atoms with Crippen molar-refractivity contribution in [2.75, 3.05) is 11.4 Å². The Bertz CT molecular complexity index is 580. The van der Waals surface area contributed by atoms with Crippen LogP contribution in [-0.2, 0) is 0 Å². The van der Waals surface area contributed by atoms with E-state index in [-0.39, 0.29) is 5.82 Å². The van der Waals surface area contributed by atoms with Crippen LogP contribution in [-0.4, -0.2) is 22.8 Å². The van der Waals surface area contributed by atoms with Gasteiger partial charge in [-0.3, -0.25) is 0 Å². The third-order valence-electron chi connectivity index (χ3n) is 4.23. The minimum absolute atomic E-state index is 0.238. The number of anilines is 1. The Morgan fingerprint density at radius 3 is 2.35 bits per heavy atom. The molecule has 2 aromatic rings. The number of hydrogen-bond acceptors (Lipinski definition) is 3. The molecule has 104 valence electrons.